The van der Waals surface area contributed by atoms with Crippen LogP contribution in [0.2, 0.25) is 0 Å². The molecule has 6 rings (SSSR count). The summed E-state index contributed by atoms with van der Waals surface area (Å²) in [6.07, 6.45) is 2.24. The average Bonchev–Trinajstić information content (AvgIpc) is 3.54. The van der Waals surface area contributed by atoms with E-state index >= 15 is 0 Å². The zero-order valence-corrected chi connectivity index (χ0v) is 30.2. The van der Waals surface area contributed by atoms with Crippen LogP contribution in [0.3, 0.4) is 0 Å². The Morgan fingerprint density at radius 3 is 1.81 bits per heavy atom. The second kappa shape index (κ2) is 12.3. The minimum atomic E-state index is -0.0246. The Kier molecular flexibility index (Phi) is 8.61. The first-order valence-electron chi connectivity index (χ1n) is 14.9. The number of carbonyl (C=O) groups excluding carboxylic acids is 2. The number of fused-ring (bicyclic) bond motifs is 4. The number of nitrogens with one attached hydrogen (secondary N) is 2. The van der Waals surface area contributed by atoms with Gasteiger partial charge in [-0.15, -0.1) is 0 Å². The number of amides is 2. The first kappa shape index (κ1) is 30.2. The van der Waals surface area contributed by atoms with Crippen LogP contribution in [0.5, 0.6) is 23.0 Å². The van der Waals surface area contributed by atoms with E-state index in [4.69, 9.17) is 18.9 Å². The molecule has 0 bridgehead atoms. The normalized spacial score (nSPS) is 24.1. The molecule has 2 amide bonds. The number of methoxy groups -OCH3 is 2. The van der Waals surface area contributed by atoms with E-state index in [1.165, 1.54) is 0 Å². The fourth-order valence-electron chi connectivity index (χ4n) is 6.67. The fourth-order valence-corrected chi connectivity index (χ4v) is 8.90. The summed E-state index contributed by atoms with van der Waals surface area (Å²) in [6, 6.07) is 7.57. The van der Waals surface area contributed by atoms with Gasteiger partial charge in [0.05, 0.1) is 24.4 Å². The number of anilines is 2. The van der Waals surface area contributed by atoms with Crippen molar-refractivity contribution in [3.8, 4) is 23.0 Å². The topological polar surface area (TPSA) is 102 Å². The third kappa shape index (κ3) is 5.72. The number of nitrogens with zero attached hydrogens (tertiary/aromatic N) is 2. The van der Waals surface area contributed by atoms with Crippen molar-refractivity contribution in [2.24, 2.45) is 0 Å². The van der Waals surface area contributed by atoms with Crippen LogP contribution < -0.4 is 29.6 Å². The van der Waals surface area contributed by atoms with Gasteiger partial charge in [-0.3, -0.25) is 4.79 Å². The van der Waals surface area contributed by atoms with E-state index in [1.54, 1.807) is 26.4 Å². The van der Waals surface area contributed by atoms with Gasteiger partial charge in [-0.05, 0) is 19.4 Å². The summed E-state index contributed by atoms with van der Waals surface area (Å²) in [4.78, 5) is 30.6. The first-order valence-corrected chi connectivity index (χ1v) is 17.7. The summed E-state index contributed by atoms with van der Waals surface area (Å²) in [5, 5.41) is 7.11. The van der Waals surface area contributed by atoms with Crippen molar-refractivity contribution in [3.63, 3.8) is 0 Å². The van der Waals surface area contributed by atoms with Gasteiger partial charge in [0.15, 0.2) is 0 Å². The van der Waals surface area contributed by atoms with Gasteiger partial charge in [-0.25, -0.2) is 0 Å². The summed E-state index contributed by atoms with van der Waals surface area (Å²) in [6.45, 7) is 12.3. The average molecular weight is 662 g/mol. The molecule has 2 N–H and O–H groups in total. The zero-order chi connectivity index (χ0) is 30.4. The van der Waals surface area contributed by atoms with E-state index in [1.807, 2.05) is 21.9 Å². The molecule has 2 saturated heterocycles. The third-order valence-corrected chi connectivity index (χ3v) is 11.5. The fraction of sp³-hybridized carbons (Fsp3) is 0.438. The van der Waals surface area contributed by atoms with Crippen molar-refractivity contribution < 1.29 is 28.5 Å². The maximum absolute atomic E-state index is 13.4. The molecular formula is C32H38N4O6Sr. The molecule has 4 aliphatic rings. The number of rotatable bonds is 8. The third-order valence-electron chi connectivity index (χ3n) is 8.90. The predicted octanol–water partition coefficient (Wildman–Crippen LogP) is 3.56. The van der Waals surface area contributed by atoms with Gasteiger partial charge in [0, 0.05) is 12.6 Å². The molecule has 2 fully saturated rings. The van der Waals surface area contributed by atoms with Gasteiger partial charge in [0.1, 0.15) is 0 Å². The number of benzene rings is 2. The molecule has 224 valence electrons. The Labute approximate surface area is 281 Å². The van der Waals surface area contributed by atoms with Crippen LogP contribution in [0.15, 0.2) is 48.6 Å². The molecule has 0 aromatic heterocycles. The Morgan fingerprint density at radius 1 is 0.791 bits per heavy atom. The van der Waals surface area contributed by atoms with Gasteiger partial charge in [0.25, 0.3) is 5.91 Å². The molecule has 4 aliphatic heterocycles. The van der Waals surface area contributed by atoms with Crippen LogP contribution in [0.1, 0.15) is 46.9 Å². The van der Waals surface area contributed by atoms with Crippen LogP contribution in [-0.2, 0) is 0 Å². The first-order chi connectivity index (χ1) is 20.7. The Morgan fingerprint density at radius 2 is 1.28 bits per heavy atom. The molecule has 11 heteroatoms. The minimum absolute atomic E-state index is 0.00571. The monoisotopic (exact) mass is 662 g/mol. The smallest absolute Gasteiger partial charge is 0.493 e. The molecule has 10 nitrogen and oxygen atoms in total. The van der Waals surface area contributed by atoms with Gasteiger partial charge in [-0.2, -0.15) is 0 Å². The zero-order valence-electron chi connectivity index (χ0n) is 25.3. The van der Waals surface area contributed by atoms with E-state index in [0.29, 0.717) is 66.8 Å². The standard InChI is InChI=1S/C32H37N4O6.Sr.H/c1-18-9-21-15-33-24-13-29(27(39-4)11-22(24)31(37)35(21)16-18)41-7-6-8-42-30-14-25-23(12-28(30)40-5)32(38)36-17-19(2)10-26(36)20(3)34-25;;/h11-15,20-21,26,33-34H,1-2,6-10,16-17H2,3-5H3;;. The molecule has 2 aromatic carbocycles. The second-order valence-electron chi connectivity index (χ2n) is 11.9. The summed E-state index contributed by atoms with van der Waals surface area (Å²) < 4.78 is 23.7. The van der Waals surface area contributed by atoms with Crippen molar-refractivity contribution >= 4 is 66.4 Å². The van der Waals surface area contributed by atoms with E-state index in [-0.39, 0.29) is 74.2 Å². The van der Waals surface area contributed by atoms with Crippen LogP contribution >= 0.6 is 0 Å². The molecule has 0 saturated carbocycles. The van der Waals surface area contributed by atoms with Crippen LogP contribution in [0, 0.1) is 0 Å². The molecule has 4 heterocycles. The Bertz CT molecular complexity index is 1390. The van der Waals surface area contributed by atoms with Crippen LogP contribution in [0.4, 0.5) is 11.4 Å². The molecule has 0 spiro atoms. The predicted molar refractivity (Wildman–Crippen MR) is 166 cm³/mol. The van der Waals surface area contributed by atoms with Crippen LogP contribution in [-0.4, -0.2) is 125 Å². The molecule has 4 unspecified atom stereocenters. The summed E-state index contributed by atoms with van der Waals surface area (Å²) >= 11 is 0.267. The van der Waals surface area contributed by atoms with Gasteiger partial charge in [0.2, 0.25) is 0 Å². The molecule has 4 atom stereocenters. The number of hydrogen-bond donors (Lipinski definition) is 2. The number of ether oxygens (including phenoxy) is 4. The van der Waals surface area contributed by atoms with Gasteiger partial charge < -0.3 is 15.0 Å². The molecule has 0 radical (unpaired) electrons. The van der Waals surface area contributed by atoms with Crippen molar-refractivity contribution in [2.75, 3.05) is 51.2 Å². The quantitative estimate of drug-likeness (QED) is 0.252. The van der Waals surface area contributed by atoms with Crippen LogP contribution in [0.25, 0.3) is 0 Å². The number of carbonyl (C=O) groups is 2. The summed E-state index contributed by atoms with van der Waals surface area (Å²) in [5.41, 5.74) is 4.88. The Balaban J connectivity index is 1.11. The molecular weight excluding hydrogens is 624 g/mol. The SMILES string of the molecule is C=C1CC2C(C)Nc3cc(OCCCOc4cc5c(cc4OC)C(=O)N4CC(=C)CC4[CH]([SrH])N5)c(OC)cc3C(=O)N2C1. The molecule has 0 aliphatic carbocycles. The van der Waals surface area contributed by atoms with E-state index < -0.39 is 0 Å². The van der Waals surface area contributed by atoms with Gasteiger partial charge in [-0.1, -0.05) is 12.2 Å². The molecule has 2 aromatic rings. The van der Waals surface area contributed by atoms with Crippen molar-refractivity contribution in [1.82, 2.24) is 9.80 Å². The minimum Gasteiger partial charge on any atom is -0.493 e. The number of hydrogen-bond acceptors (Lipinski definition) is 8. The van der Waals surface area contributed by atoms with Crippen molar-refractivity contribution in [1.29, 1.82) is 0 Å². The van der Waals surface area contributed by atoms with E-state index in [0.717, 1.165) is 35.4 Å². The molecule has 43 heavy (non-hydrogen) atoms. The second-order valence-corrected chi connectivity index (χ2v) is 15.0. The van der Waals surface area contributed by atoms with Crippen molar-refractivity contribution in [3.05, 3.63) is 59.7 Å². The van der Waals surface area contributed by atoms with Crippen molar-refractivity contribution in [2.45, 2.75) is 45.3 Å². The summed E-state index contributed by atoms with van der Waals surface area (Å²) in [7, 11) is 3.15. The van der Waals surface area contributed by atoms with Gasteiger partial charge >= 0.3 is 190 Å². The van der Waals surface area contributed by atoms with E-state index in [2.05, 4.69) is 30.7 Å². The maximum atomic E-state index is 13.4. The Hall–Kier alpha value is -2.86. The summed E-state index contributed by atoms with van der Waals surface area (Å²) in [5.74, 6) is 2.15. The van der Waals surface area contributed by atoms with E-state index in [9.17, 15) is 9.59 Å².